The Hall–Kier alpha value is -1.82. The van der Waals surface area contributed by atoms with Crippen molar-refractivity contribution < 1.29 is 18.4 Å². The second kappa shape index (κ2) is 7.83. The minimum absolute atomic E-state index is 0.151. The number of Topliss-reactive ketones (excluding diaryl/α,β-unsaturated/α-hetero) is 1. The lowest BCUT2D eigenvalue weighted by molar-refractivity contribution is -0.142. The van der Waals surface area contributed by atoms with Gasteiger partial charge in [-0.3, -0.25) is 9.59 Å². The molecule has 3 N–H and O–H groups in total. The molecule has 1 aromatic rings. The lowest BCUT2D eigenvalue weighted by Crippen LogP contribution is -2.47. The Labute approximate surface area is 122 Å². The second-order valence-electron chi connectivity index (χ2n) is 4.93. The summed E-state index contributed by atoms with van der Waals surface area (Å²) in [5.41, 5.74) is 5.68. The Morgan fingerprint density at radius 3 is 2.38 bits per heavy atom. The molecule has 0 aliphatic heterocycles. The normalized spacial score (nSPS) is 12.8. The van der Waals surface area contributed by atoms with Gasteiger partial charge in [0.1, 0.15) is 0 Å². The number of hydrogen-bond acceptors (Lipinski definition) is 3. The van der Waals surface area contributed by atoms with E-state index >= 15 is 0 Å². The number of carbonyl (C=O) groups is 2. The molecule has 1 atom stereocenters. The average Bonchev–Trinajstić information content (AvgIpc) is 2.45. The van der Waals surface area contributed by atoms with E-state index in [4.69, 9.17) is 5.73 Å². The minimum Gasteiger partial charge on any atom is -0.342 e. The van der Waals surface area contributed by atoms with Gasteiger partial charge in [-0.1, -0.05) is 18.2 Å². The summed E-state index contributed by atoms with van der Waals surface area (Å²) < 4.78 is 26.4. The van der Waals surface area contributed by atoms with Crippen molar-refractivity contribution in [2.45, 2.75) is 38.2 Å². The molecule has 0 fully saturated rings. The summed E-state index contributed by atoms with van der Waals surface area (Å²) >= 11 is 0. The zero-order valence-electron chi connectivity index (χ0n) is 11.9. The predicted octanol–water partition coefficient (Wildman–Crippen LogP) is 2.14. The van der Waals surface area contributed by atoms with E-state index in [0.717, 1.165) is 0 Å². The topological polar surface area (TPSA) is 72.2 Å². The molecule has 4 nitrogen and oxygen atoms in total. The van der Waals surface area contributed by atoms with Crippen molar-refractivity contribution >= 4 is 11.7 Å². The first-order chi connectivity index (χ1) is 9.86. The molecule has 0 saturated carbocycles. The summed E-state index contributed by atoms with van der Waals surface area (Å²) in [5.74, 6) is -5.29. The van der Waals surface area contributed by atoms with Gasteiger partial charge in [0.25, 0.3) is 5.91 Å². The first kappa shape index (κ1) is 17.2. The van der Waals surface area contributed by atoms with E-state index in [-0.39, 0.29) is 6.42 Å². The summed E-state index contributed by atoms with van der Waals surface area (Å²) in [6.45, 7) is 0.954. The van der Waals surface area contributed by atoms with Crippen molar-refractivity contribution in [3.8, 4) is 0 Å². The van der Waals surface area contributed by atoms with Crippen LogP contribution in [0.5, 0.6) is 0 Å². The van der Waals surface area contributed by atoms with Crippen LogP contribution >= 0.6 is 0 Å². The number of halogens is 2. The number of ketones is 1. The van der Waals surface area contributed by atoms with E-state index in [1.807, 2.05) is 0 Å². The second-order valence-corrected chi connectivity index (χ2v) is 4.93. The van der Waals surface area contributed by atoms with Crippen molar-refractivity contribution in [3.05, 3.63) is 35.9 Å². The largest absolute Gasteiger partial charge is 0.342 e. The number of nitrogens with two attached hydrogens (primary N) is 1. The van der Waals surface area contributed by atoms with Crippen molar-refractivity contribution in [2.75, 3.05) is 6.54 Å². The number of nitrogens with one attached hydrogen (secondary N) is 1. The highest BCUT2D eigenvalue weighted by Crippen LogP contribution is 2.18. The molecular weight excluding hydrogens is 278 g/mol. The van der Waals surface area contributed by atoms with E-state index in [1.165, 1.54) is 0 Å². The number of benzene rings is 1. The van der Waals surface area contributed by atoms with Gasteiger partial charge in [0, 0.05) is 12.5 Å². The zero-order valence-corrected chi connectivity index (χ0v) is 11.9. The van der Waals surface area contributed by atoms with Crippen LogP contribution in [0.15, 0.2) is 30.3 Å². The third-order valence-electron chi connectivity index (χ3n) is 3.04. The summed E-state index contributed by atoms with van der Waals surface area (Å²) in [6.07, 6.45) is 1.26. The SMILES string of the molecule is CC(F)(F)C(=O)C(CCCCN)NC(=O)c1ccccc1. The van der Waals surface area contributed by atoms with Crippen molar-refractivity contribution in [1.82, 2.24) is 5.32 Å². The number of alkyl halides is 2. The number of carbonyl (C=O) groups excluding carboxylic acids is 2. The maximum Gasteiger partial charge on any atom is 0.304 e. The van der Waals surface area contributed by atoms with Gasteiger partial charge in [0.05, 0.1) is 6.04 Å². The highest BCUT2D eigenvalue weighted by Gasteiger charge is 2.38. The third-order valence-corrected chi connectivity index (χ3v) is 3.04. The molecule has 0 bridgehead atoms. The van der Waals surface area contributed by atoms with Crippen LogP contribution < -0.4 is 11.1 Å². The van der Waals surface area contributed by atoms with Crippen LogP contribution in [-0.4, -0.2) is 30.2 Å². The fourth-order valence-electron chi connectivity index (χ4n) is 1.90. The number of unbranched alkanes of at least 4 members (excludes halogenated alkanes) is 1. The summed E-state index contributed by atoms with van der Waals surface area (Å²) in [7, 11) is 0. The van der Waals surface area contributed by atoms with E-state index in [2.05, 4.69) is 5.32 Å². The van der Waals surface area contributed by atoms with Gasteiger partial charge < -0.3 is 11.1 Å². The van der Waals surface area contributed by atoms with Crippen LogP contribution in [0, 0.1) is 0 Å². The molecule has 1 unspecified atom stereocenters. The van der Waals surface area contributed by atoms with Gasteiger partial charge in [0.15, 0.2) is 0 Å². The maximum atomic E-state index is 13.2. The van der Waals surface area contributed by atoms with E-state index in [1.54, 1.807) is 30.3 Å². The lowest BCUT2D eigenvalue weighted by atomic mass is 10.0. The quantitative estimate of drug-likeness (QED) is 0.722. The van der Waals surface area contributed by atoms with Gasteiger partial charge >= 0.3 is 5.92 Å². The highest BCUT2D eigenvalue weighted by atomic mass is 19.3. The molecule has 0 aromatic heterocycles. The Morgan fingerprint density at radius 1 is 1.24 bits per heavy atom. The Balaban J connectivity index is 2.77. The highest BCUT2D eigenvalue weighted by molar-refractivity contribution is 5.99. The van der Waals surface area contributed by atoms with Gasteiger partial charge in [-0.2, -0.15) is 8.78 Å². The molecule has 1 amide bonds. The fraction of sp³-hybridized carbons (Fsp3) is 0.467. The smallest absolute Gasteiger partial charge is 0.304 e. The molecule has 0 spiro atoms. The van der Waals surface area contributed by atoms with Crippen molar-refractivity contribution in [1.29, 1.82) is 0 Å². The maximum absolute atomic E-state index is 13.2. The molecule has 21 heavy (non-hydrogen) atoms. The third kappa shape index (κ3) is 5.59. The summed E-state index contributed by atoms with van der Waals surface area (Å²) in [5, 5.41) is 2.39. The summed E-state index contributed by atoms with van der Waals surface area (Å²) in [6, 6.07) is 6.97. The molecule has 0 radical (unpaired) electrons. The molecule has 6 heteroatoms. The van der Waals surface area contributed by atoms with E-state index < -0.39 is 23.7 Å². The summed E-state index contributed by atoms with van der Waals surface area (Å²) in [4.78, 5) is 23.7. The molecule has 116 valence electrons. The predicted molar refractivity (Wildman–Crippen MR) is 76.2 cm³/mol. The van der Waals surface area contributed by atoms with Crippen LogP contribution in [0.3, 0.4) is 0 Å². The molecule has 1 aromatic carbocycles. The van der Waals surface area contributed by atoms with Crippen LogP contribution in [0.25, 0.3) is 0 Å². The monoisotopic (exact) mass is 298 g/mol. The standard InChI is InChI=1S/C15H20F2N2O2/c1-15(16,17)13(20)12(9-5-6-10-18)19-14(21)11-7-3-2-4-8-11/h2-4,7-8,12H,5-6,9-10,18H2,1H3,(H,19,21). The van der Waals surface area contributed by atoms with E-state index in [0.29, 0.717) is 31.9 Å². The zero-order chi connectivity index (χ0) is 15.9. The van der Waals surface area contributed by atoms with Gasteiger partial charge in [0.2, 0.25) is 5.78 Å². The fourth-order valence-corrected chi connectivity index (χ4v) is 1.90. The van der Waals surface area contributed by atoms with Crippen LogP contribution in [0.4, 0.5) is 8.78 Å². The number of amides is 1. The van der Waals surface area contributed by atoms with Crippen LogP contribution in [0.2, 0.25) is 0 Å². The molecular formula is C15H20F2N2O2. The average molecular weight is 298 g/mol. The minimum atomic E-state index is -3.47. The number of rotatable bonds is 8. The molecule has 0 aliphatic rings. The Bertz CT molecular complexity index is 472. The first-order valence-corrected chi connectivity index (χ1v) is 6.84. The Kier molecular flexibility index (Phi) is 6.42. The van der Waals surface area contributed by atoms with Gasteiger partial charge in [-0.25, -0.2) is 0 Å². The van der Waals surface area contributed by atoms with Crippen LogP contribution in [-0.2, 0) is 4.79 Å². The lowest BCUT2D eigenvalue weighted by Gasteiger charge is -2.20. The first-order valence-electron chi connectivity index (χ1n) is 6.84. The Morgan fingerprint density at radius 2 is 1.86 bits per heavy atom. The van der Waals surface area contributed by atoms with Gasteiger partial charge in [-0.15, -0.1) is 0 Å². The van der Waals surface area contributed by atoms with Gasteiger partial charge in [-0.05, 0) is 37.9 Å². The molecule has 0 aliphatic carbocycles. The molecule has 0 saturated heterocycles. The van der Waals surface area contributed by atoms with Crippen molar-refractivity contribution in [2.24, 2.45) is 5.73 Å². The molecule has 0 heterocycles. The van der Waals surface area contributed by atoms with Crippen LogP contribution in [0.1, 0.15) is 36.5 Å². The van der Waals surface area contributed by atoms with Crippen molar-refractivity contribution in [3.63, 3.8) is 0 Å². The number of hydrogen-bond donors (Lipinski definition) is 2. The molecule has 1 rings (SSSR count). The van der Waals surface area contributed by atoms with E-state index in [9.17, 15) is 18.4 Å².